The summed E-state index contributed by atoms with van der Waals surface area (Å²) in [4.78, 5) is 4.30. The second-order valence-corrected chi connectivity index (χ2v) is 8.39. The van der Waals surface area contributed by atoms with Crippen LogP contribution in [0.15, 0.2) is 65.8 Å². The van der Waals surface area contributed by atoms with Gasteiger partial charge < -0.3 is 10.1 Å². The number of para-hydroxylation sites is 1. The van der Waals surface area contributed by atoms with Crippen LogP contribution in [0.25, 0.3) is 10.8 Å². The Morgan fingerprint density at radius 2 is 1.93 bits per heavy atom. The van der Waals surface area contributed by atoms with Gasteiger partial charge in [0.25, 0.3) is 0 Å². The van der Waals surface area contributed by atoms with E-state index in [0.29, 0.717) is 6.54 Å². The summed E-state index contributed by atoms with van der Waals surface area (Å²) in [6.07, 6.45) is 4.18. The molecule has 3 rings (SSSR count). The second-order valence-electron chi connectivity index (χ2n) is 6.67. The Morgan fingerprint density at radius 1 is 1.11 bits per heavy atom. The summed E-state index contributed by atoms with van der Waals surface area (Å²) >= 11 is 0. The molecular formula is C21H25N3O3S. The molecule has 2 N–H and O–H groups in total. The minimum atomic E-state index is -3.58. The van der Waals surface area contributed by atoms with Crippen molar-refractivity contribution in [1.82, 2.24) is 15.0 Å². The maximum absolute atomic E-state index is 12.7. The predicted molar refractivity (Wildman–Crippen MR) is 111 cm³/mol. The molecule has 1 atom stereocenters. The minimum Gasteiger partial charge on any atom is -0.496 e. The van der Waals surface area contributed by atoms with Crippen molar-refractivity contribution in [2.75, 3.05) is 20.2 Å². The maximum atomic E-state index is 12.7. The van der Waals surface area contributed by atoms with Gasteiger partial charge in [-0.15, -0.1) is 0 Å². The Kier molecular flexibility index (Phi) is 6.61. The lowest BCUT2D eigenvalue weighted by atomic mass is 10.1. The highest BCUT2D eigenvalue weighted by molar-refractivity contribution is 7.89. The number of fused-ring (bicyclic) bond motifs is 1. The Balaban J connectivity index is 1.53. The van der Waals surface area contributed by atoms with E-state index < -0.39 is 10.0 Å². The number of hydrogen-bond donors (Lipinski definition) is 2. The van der Waals surface area contributed by atoms with Crippen LogP contribution in [-0.2, 0) is 16.4 Å². The van der Waals surface area contributed by atoms with Crippen molar-refractivity contribution >= 4 is 20.8 Å². The quantitative estimate of drug-likeness (QED) is 0.541. The monoisotopic (exact) mass is 399 g/mol. The van der Waals surface area contributed by atoms with Crippen molar-refractivity contribution in [1.29, 1.82) is 0 Å². The molecule has 2 aromatic carbocycles. The highest BCUT2D eigenvalue weighted by atomic mass is 32.2. The lowest BCUT2D eigenvalue weighted by Gasteiger charge is -2.16. The zero-order chi connectivity index (χ0) is 20.0. The number of benzene rings is 2. The molecule has 6 nitrogen and oxygen atoms in total. The van der Waals surface area contributed by atoms with E-state index in [1.54, 1.807) is 43.8 Å². The molecule has 0 bridgehead atoms. The Bertz CT molecular complexity index is 1040. The van der Waals surface area contributed by atoms with E-state index in [0.717, 1.165) is 35.1 Å². The van der Waals surface area contributed by atoms with Gasteiger partial charge in [-0.1, -0.05) is 24.3 Å². The number of methoxy groups -OCH3 is 1. The molecule has 0 aliphatic carbocycles. The van der Waals surface area contributed by atoms with Gasteiger partial charge in [-0.2, -0.15) is 0 Å². The van der Waals surface area contributed by atoms with Gasteiger partial charge >= 0.3 is 0 Å². The van der Waals surface area contributed by atoms with Crippen LogP contribution in [0.3, 0.4) is 0 Å². The van der Waals surface area contributed by atoms with E-state index in [1.807, 2.05) is 31.2 Å². The van der Waals surface area contributed by atoms with Crippen molar-refractivity contribution in [3.63, 3.8) is 0 Å². The van der Waals surface area contributed by atoms with Gasteiger partial charge in [0.2, 0.25) is 10.0 Å². The molecule has 0 saturated carbocycles. The van der Waals surface area contributed by atoms with Gasteiger partial charge in [-0.05, 0) is 55.1 Å². The lowest BCUT2D eigenvalue weighted by Crippen LogP contribution is -2.40. The van der Waals surface area contributed by atoms with Gasteiger partial charge in [-0.25, -0.2) is 13.1 Å². The minimum absolute atomic E-state index is 0.240. The highest BCUT2D eigenvalue weighted by Crippen LogP contribution is 2.19. The summed E-state index contributed by atoms with van der Waals surface area (Å²) in [5.74, 6) is 0.865. The molecule has 1 heterocycles. The maximum Gasteiger partial charge on any atom is 0.240 e. The van der Waals surface area contributed by atoms with Crippen LogP contribution >= 0.6 is 0 Å². The van der Waals surface area contributed by atoms with E-state index in [2.05, 4.69) is 15.0 Å². The number of pyridine rings is 1. The summed E-state index contributed by atoms with van der Waals surface area (Å²) in [7, 11) is -1.92. The molecule has 7 heteroatoms. The van der Waals surface area contributed by atoms with Crippen LogP contribution < -0.4 is 14.8 Å². The largest absolute Gasteiger partial charge is 0.496 e. The molecule has 0 saturated heterocycles. The van der Waals surface area contributed by atoms with Gasteiger partial charge in [0.15, 0.2) is 0 Å². The SMILES string of the molecule is COc1ccccc1CCNCC(C)NS(=O)(=O)c1ccc2cnccc2c1. The number of nitrogens with one attached hydrogen (secondary N) is 2. The van der Waals surface area contributed by atoms with E-state index >= 15 is 0 Å². The second kappa shape index (κ2) is 9.14. The zero-order valence-electron chi connectivity index (χ0n) is 16.1. The molecule has 0 aliphatic rings. The van der Waals surface area contributed by atoms with Crippen LogP contribution in [0.2, 0.25) is 0 Å². The van der Waals surface area contributed by atoms with Crippen molar-refractivity contribution in [2.45, 2.75) is 24.3 Å². The molecule has 0 amide bonds. The standard InChI is InChI=1S/C21H25N3O3S/c1-16(14-22-11-9-17-5-3-4-6-21(17)27-2)24-28(25,26)20-8-7-19-15-23-12-10-18(19)13-20/h3-8,10,12-13,15-16,22,24H,9,11,14H2,1-2H3. The molecule has 1 aromatic heterocycles. The topological polar surface area (TPSA) is 80.3 Å². The van der Waals surface area contributed by atoms with E-state index in [4.69, 9.17) is 4.74 Å². The number of ether oxygens (including phenoxy) is 1. The Hall–Kier alpha value is -2.48. The van der Waals surface area contributed by atoms with Gasteiger partial charge in [0, 0.05) is 30.4 Å². The summed E-state index contributed by atoms with van der Waals surface area (Å²) in [6, 6.07) is 14.5. The average Bonchev–Trinajstić information content (AvgIpc) is 2.70. The van der Waals surface area contributed by atoms with E-state index in [9.17, 15) is 8.42 Å². The summed E-state index contributed by atoms with van der Waals surface area (Å²) < 4.78 is 33.4. The first-order valence-corrected chi connectivity index (χ1v) is 10.7. The fourth-order valence-corrected chi connectivity index (χ4v) is 4.33. The Morgan fingerprint density at radius 3 is 2.75 bits per heavy atom. The molecular weight excluding hydrogens is 374 g/mol. The van der Waals surface area contributed by atoms with Gasteiger partial charge in [0.1, 0.15) is 5.75 Å². The third kappa shape index (κ3) is 5.07. The first-order valence-electron chi connectivity index (χ1n) is 9.18. The average molecular weight is 400 g/mol. The summed E-state index contributed by atoms with van der Waals surface area (Å²) in [5.41, 5.74) is 1.12. The number of aromatic nitrogens is 1. The van der Waals surface area contributed by atoms with Crippen molar-refractivity contribution in [2.24, 2.45) is 0 Å². The first kappa shape index (κ1) is 20.3. The number of hydrogen-bond acceptors (Lipinski definition) is 5. The Labute approximate surface area is 166 Å². The summed E-state index contributed by atoms with van der Waals surface area (Å²) in [5, 5.41) is 5.06. The zero-order valence-corrected chi connectivity index (χ0v) is 16.9. The first-order chi connectivity index (χ1) is 13.5. The molecule has 0 fully saturated rings. The lowest BCUT2D eigenvalue weighted by molar-refractivity contribution is 0.409. The molecule has 28 heavy (non-hydrogen) atoms. The molecule has 3 aromatic rings. The predicted octanol–water partition coefficient (Wildman–Crippen LogP) is 2.74. The van der Waals surface area contributed by atoms with E-state index in [-0.39, 0.29) is 10.9 Å². The third-order valence-corrected chi connectivity index (χ3v) is 6.08. The number of sulfonamides is 1. The molecule has 0 radical (unpaired) electrons. The smallest absolute Gasteiger partial charge is 0.240 e. The van der Waals surface area contributed by atoms with Crippen LogP contribution in [0.4, 0.5) is 0 Å². The number of nitrogens with zero attached hydrogens (tertiary/aromatic N) is 1. The molecule has 0 spiro atoms. The molecule has 148 valence electrons. The van der Waals surface area contributed by atoms with Gasteiger partial charge in [0.05, 0.1) is 12.0 Å². The van der Waals surface area contributed by atoms with Crippen molar-refractivity contribution < 1.29 is 13.2 Å². The van der Waals surface area contributed by atoms with E-state index in [1.165, 1.54) is 0 Å². The third-order valence-electron chi connectivity index (χ3n) is 4.49. The van der Waals surface area contributed by atoms with Crippen LogP contribution in [0, 0.1) is 0 Å². The fourth-order valence-electron chi connectivity index (χ4n) is 3.05. The van der Waals surface area contributed by atoms with Crippen LogP contribution in [-0.4, -0.2) is 39.6 Å². The fraction of sp³-hybridized carbons (Fsp3) is 0.286. The van der Waals surface area contributed by atoms with Crippen molar-refractivity contribution in [3.8, 4) is 5.75 Å². The summed E-state index contributed by atoms with van der Waals surface area (Å²) in [6.45, 7) is 3.11. The molecule has 0 aliphatic heterocycles. The highest BCUT2D eigenvalue weighted by Gasteiger charge is 2.17. The van der Waals surface area contributed by atoms with Gasteiger partial charge in [-0.3, -0.25) is 4.98 Å². The normalized spacial score (nSPS) is 12.8. The van der Waals surface area contributed by atoms with Crippen molar-refractivity contribution in [3.05, 3.63) is 66.5 Å². The van der Waals surface area contributed by atoms with Crippen LogP contribution in [0.5, 0.6) is 5.75 Å². The van der Waals surface area contributed by atoms with Crippen LogP contribution in [0.1, 0.15) is 12.5 Å². The number of rotatable bonds is 9. The molecule has 1 unspecified atom stereocenters.